The average molecular weight is 321 g/mol. The van der Waals surface area contributed by atoms with Crippen molar-refractivity contribution >= 4 is 17.3 Å². The molecule has 1 aliphatic heterocycles. The Hall–Kier alpha value is -1.07. The summed E-state index contributed by atoms with van der Waals surface area (Å²) in [6.45, 7) is 9.55. The fourth-order valence-corrected chi connectivity index (χ4v) is 3.93. The van der Waals surface area contributed by atoms with Crippen molar-refractivity contribution in [3.63, 3.8) is 0 Å². The van der Waals surface area contributed by atoms with Crippen LogP contribution in [-0.2, 0) is 6.54 Å². The predicted octanol–water partition coefficient (Wildman–Crippen LogP) is 2.60. The third-order valence-electron chi connectivity index (χ3n) is 4.47. The smallest absolute Gasteiger partial charge is 0.191 e. The van der Waals surface area contributed by atoms with E-state index in [1.807, 2.05) is 11.3 Å². The van der Waals surface area contributed by atoms with Crippen molar-refractivity contribution in [1.82, 2.24) is 15.5 Å². The number of aliphatic imine (C=N–C) groups is 1. The van der Waals surface area contributed by atoms with Crippen molar-refractivity contribution in [3.05, 3.63) is 21.9 Å². The summed E-state index contributed by atoms with van der Waals surface area (Å²) in [5.41, 5.74) is 0. The first-order valence-corrected chi connectivity index (χ1v) is 9.37. The molecule has 4 nitrogen and oxygen atoms in total. The first kappa shape index (κ1) is 15.8. The molecule has 0 radical (unpaired) electrons. The molecule has 0 bridgehead atoms. The molecule has 1 unspecified atom stereocenters. The monoisotopic (exact) mass is 320 g/mol. The molecule has 1 aromatic rings. The van der Waals surface area contributed by atoms with Gasteiger partial charge in [-0.05, 0) is 57.7 Å². The van der Waals surface area contributed by atoms with Crippen molar-refractivity contribution in [2.75, 3.05) is 26.2 Å². The number of rotatable bonds is 6. The summed E-state index contributed by atoms with van der Waals surface area (Å²) in [6, 6.07) is 5.26. The second-order valence-electron chi connectivity index (χ2n) is 6.47. The van der Waals surface area contributed by atoms with Crippen LogP contribution in [0.15, 0.2) is 17.1 Å². The summed E-state index contributed by atoms with van der Waals surface area (Å²) in [5, 5.41) is 6.90. The Bertz CT molecular complexity index is 507. The largest absolute Gasteiger partial charge is 0.357 e. The summed E-state index contributed by atoms with van der Waals surface area (Å²) in [5.74, 6) is 1.73. The van der Waals surface area contributed by atoms with Crippen LogP contribution in [0.2, 0.25) is 0 Å². The lowest BCUT2D eigenvalue weighted by atomic mass is 10.1. The SMILES string of the molecule is CCNC(=NCc1ccc(C)s1)NCC1CCN(C2CC2)C1. The molecule has 2 N–H and O–H groups in total. The molecule has 1 aromatic heterocycles. The molecule has 1 saturated heterocycles. The highest BCUT2D eigenvalue weighted by Gasteiger charge is 2.34. The van der Waals surface area contributed by atoms with Crippen molar-refractivity contribution in [3.8, 4) is 0 Å². The van der Waals surface area contributed by atoms with Crippen molar-refractivity contribution in [1.29, 1.82) is 0 Å². The minimum absolute atomic E-state index is 0.771. The van der Waals surface area contributed by atoms with E-state index in [0.717, 1.165) is 37.6 Å². The molecule has 2 fully saturated rings. The van der Waals surface area contributed by atoms with Crippen LogP contribution in [-0.4, -0.2) is 43.1 Å². The maximum absolute atomic E-state index is 4.72. The van der Waals surface area contributed by atoms with Crippen LogP contribution in [0.1, 0.15) is 35.9 Å². The average Bonchev–Trinajstić information content (AvgIpc) is 3.11. The lowest BCUT2D eigenvalue weighted by Gasteiger charge is -2.17. The van der Waals surface area contributed by atoms with Crippen LogP contribution >= 0.6 is 11.3 Å². The van der Waals surface area contributed by atoms with Gasteiger partial charge in [-0.25, -0.2) is 4.99 Å². The molecule has 2 aliphatic rings. The summed E-state index contributed by atoms with van der Waals surface area (Å²) >= 11 is 1.83. The van der Waals surface area contributed by atoms with E-state index in [0.29, 0.717) is 0 Å². The van der Waals surface area contributed by atoms with Crippen molar-refractivity contribution < 1.29 is 0 Å². The number of likely N-dealkylation sites (tertiary alicyclic amines) is 1. The molecule has 22 heavy (non-hydrogen) atoms. The zero-order valence-corrected chi connectivity index (χ0v) is 14.6. The number of aryl methyl sites for hydroxylation is 1. The van der Waals surface area contributed by atoms with Crippen molar-refractivity contribution in [2.24, 2.45) is 10.9 Å². The first-order chi connectivity index (χ1) is 10.7. The first-order valence-electron chi connectivity index (χ1n) is 8.56. The van der Waals surface area contributed by atoms with Crippen LogP contribution in [0.25, 0.3) is 0 Å². The zero-order valence-electron chi connectivity index (χ0n) is 13.8. The summed E-state index contributed by atoms with van der Waals surface area (Å²) in [7, 11) is 0. The standard InChI is InChI=1S/C17H28N4S/c1-3-18-17(20-11-16-7-4-13(2)22-16)19-10-14-8-9-21(12-14)15-5-6-15/h4,7,14-15H,3,5-6,8-12H2,1-2H3,(H2,18,19,20). The lowest BCUT2D eigenvalue weighted by Crippen LogP contribution is -2.40. The normalized spacial score (nSPS) is 23.0. The van der Waals surface area contributed by atoms with E-state index >= 15 is 0 Å². The van der Waals surface area contributed by atoms with Gasteiger partial charge in [0.1, 0.15) is 0 Å². The molecule has 5 heteroatoms. The molecule has 0 amide bonds. The van der Waals surface area contributed by atoms with Gasteiger partial charge in [0.05, 0.1) is 6.54 Å². The van der Waals surface area contributed by atoms with E-state index in [4.69, 9.17) is 4.99 Å². The number of nitrogens with zero attached hydrogens (tertiary/aromatic N) is 2. The quantitative estimate of drug-likeness (QED) is 0.625. The lowest BCUT2D eigenvalue weighted by molar-refractivity contribution is 0.314. The van der Waals surface area contributed by atoms with Gasteiger partial charge in [-0.15, -0.1) is 11.3 Å². The minimum Gasteiger partial charge on any atom is -0.357 e. The Kier molecular flexibility index (Phi) is 5.37. The maximum Gasteiger partial charge on any atom is 0.191 e. The third kappa shape index (κ3) is 4.46. The van der Waals surface area contributed by atoms with Gasteiger partial charge in [-0.1, -0.05) is 0 Å². The van der Waals surface area contributed by atoms with Crippen LogP contribution in [0.4, 0.5) is 0 Å². The number of nitrogens with one attached hydrogen (secondary N) is 2. The van der Waals surface area contributed by atoms with Crippen LogP contribution in [0, 0.1) is 12.8 Å². The number of guanidine groups is 1. The molecule has 122 valence electrons. The van der Waals surface area contributed by atoms with E-state index in [1.165, 1.54) is 42.1 Å². The maximum atomic E-state index is 4.72. The van der Waals surface area contributed by atoms with Gasteiger partial charge in [0, 0.05) is 35.4 Å². The van der Waals surface area contributed by atoms with Crippen molar-refractivity contribution in [2.45, 2.75) is 45.7 Å². The molecular formula is C17H28N4S. The van der Waals surface area contributed by atoms with Gasteiger partial charge in [0.25, 0.3) is 0 Å². The molecule has 1 atom stereocenters. The Morgan fingerprint density at radius 3 is 2.86 bits per heavy atom. The van der Waals surface area contributed by atoms with E-state index in [9.17, 15) is 0 Å². The topological polar surface area (TPSA) is 39.7 Å². The van der Waals surface area contributed by atoms with E-state index in [2.05, 4.69) is 41.5 Å². The van der Waals surface area contributed by atoms with Gasteiger partial charge in [-0.3, -0.25) is 0 Å². The number of thiophene rings is 1. The van der Waals surface area contributed by atoms with Gasteiger partial charge in [-0.2, -0.15) is 0 Å². The van der Waals surface area contributed by atoms with Crippen LogP contribution < -0.4 is 10.6 Å². The second kappa shape index (κ2) is 7.47. The molecule has 3 rings (SSSR count). The molecule has 0 aromatic carbocycles. The summed E-state index contributed by atoms with van der Waals surface area (Å²) in [6.07, 6.45) is 4.17. The zero-order chi connectivity index (χ0) is 15.4. The van der Waals surface area contributed by atoms with Crippen LogP contribution in [0.5, 0.6) is 0 Å². The minimum atomic E-state index is 0.771. The van der Waals surface area contributed by atoms with Crippen LogP contribution in [0.3, 0.4) is 0 Å². The fraction of sp³-hybridized carbons (Fsp3) is 0.706. The summed E-state index contributed by atoms with van der Waals surface area (Å²) < 4.78 is 0. The highest BCUT2D eigenvalue weighted by molar-refractivity contribution is 7.11. The van der Waals surface area contributed by atoms with E-state index < -0.39 is 0 Å². The second-order valence-corrected chi connectivity index (χ2v) is 7.84. The van der Waals surface area contributed by atoms with Gasteiger partial charge in [0.15, 0.2) is 5.96 Å². The molecule has 1 saturated carbocycles. The van der Waals surface area contributed by atoms with Gasteiger partial charge < -0.3 is 15.5 Å². The fourth-order valence-electron chi connectivity index (χ4n) is 3.11. The van der Waals surface area contributed by atoms with Gasteiger partial charge in [0.2, 0.25) is 0 Å². The number of hydrogen-bond donors (Lipinski definition) is 2. The Morgan fingerprint density at radius 2 is 2.18 bits per heavy atom. The van der Waals surface area contributed by atoms with E-state index in [-0.39, 0.29) is 0 Å². The third-order valence-corrected chi connectivity index (χ3v) is 5.46. The highest BCUT2D eigenvalue weighted by atomic mass is 32.1. The molecular weight excluding hydrogens is 292 g/mol. The molecule has 2 heterocycles. The van der Waals surface area contributed by atoms with Gasteiger partial charge >= 0.3 is 0 Å². The predicted molar refractivity (Wildman–Crippen MR) is 94.6 cm³/mol. The number of hydrogen-bond acceptors (Lipinski definition) is 3. The Balaban J connectivity index is 1.46. The van der Waals surface area contributed by atoms with E-state index in [1.54, 1.807) is 0 Å². The summed E-state index contributed by atoms with van der Waals surface area (Å²) in [4.78, 5) is 10.1. The molecule has 1 aliphatic carbocycles. The Morgan fingerprint density at radius 1 is 1.32 bits per heavy atom. The highest BCUT2D eigenvalue weighted by Crippen LogP contribution is 2.31. The Labute approximate surface area is 138 Å². The molecule has 0 spiro atoms.